The second-order valence-corrected chi connectivity index (χ2v) is 7.57. The van der Waals surface area contributed by atoms with E-state index in [-0.39, 0.29) is 6.42 Å². The molecule has 4 heteroatoms. The van der Waals surface area contributed by atoms with Crippen molar-refractivity contribution in [3.05, 3.63) is 0 Å². The van der Waals surface area contributed by atoms with Crippen LogP contribution in [0.25, 0.3) is 0 Å². The maximum atomic E-state index is 12.0. The second-order valence-electron chi connectivity index (χ2n) is 7.57. The van der Waals surface area contributed by atoms with E-state index in [9.17, 15) is 19.8 Å². The van der Waals surface area contributed by atoms with Gasteiger partial charge in [-0.15, -0.1) is 0 Å². The third-order valence-electron chi connectivity index (χ3n) is 5.75. The Bertz CT molecular complexity index is 359. The van der Waals surface area contributed by atoms with Crippen molar-refractivity contribution in [2.75, 3.05) is 0 Å². The summed E-state index contributed by atoms with van der Waals surface area (Å²) in [5, 5.41) is 19.2. The van der Waals surface area contributed by atoms with Crippen LogP contribution in [0.4, 0.5) is 0 Å². The lowest BCUT2D eigenvalue weighted by molar-refractivity contribution is -0.159. The van der Waals surface area contributed by atoms with Gasteiger partial charge >= 0.3 is 11.9 Å². The molecule has 0 amide bonds. The summed E-state index contributed by atoms with van der Waals surface area (Å²) < 4.78 is 0. The van der Waals surface area contributed by atoms with E-state index in [1.165, 1.54) is 12.8 Å². The van der Waals surface area contributed by atoms with Crippen molar-refractivity contribution >= 4 is 11.9 Å². The van der Waals surface area contributed by atoms with Crippen LogP contribution in [-0.2, 0) is 9.59 Å². The highest BCUT2D eigenvalue weighted by atomic mass is 16.4. The van der Waals surface area contributed by atoms with E-state index < -0.39 is 17.4 Å². The van der Waals surface area contributed by atoms with E-state index in [1.807, 2.05) is 0 Å². The molecule has 0 atom stereocenters. The van der Waals surface area contributed by atoms with E-state index >= 15 is 0 Å². The summed E-state index contributed by atoms with van der Waals surface area (Å²) in [6, 6.07) is 0. The Hall–Kier alpha value is -1.06. The second kappa shape index (κ2) is 7.98. The number of hydrogen-bond acceptors (Lipinski definition) is 2. The lowest BCUT2D eigenvalue weighted by Gasteiger charge is -2.37. The van der Waals surface area contributed by atoms with Crippen molar-refractivity contribution in [1.82, 2.24) is 0 Å². The SMILES string of the molecule is O=C(O)CC(CC1CCCCC1)(CC1CCCCC1)C(=O)O. The Morgan fingerprint density at radius 1 is 0.773 bits per heavy atom. The third kappa shape index (κ3) is 4.72. The van der Waals surface area contributed by atoms with Crippen molar-refractivity contribution in [2.24, 2.45) is 17.3 Å². The van der Waals surface area contributed by atoms with Crippen molar-refractivity contribution in [3.63, 3.8) is 0 Å². The van der Waals surface area contributed by atoms with Crippen LogP contribution in [0.3, 0.4) is 0 Å². The maximum absolute atomic E-state index is 12.0. The number of hydrogen-bond donors (Lipinski definition) is 2. The predicted molar refractivity (Wildman–Crippen MR) is 84.7 cm³/mol. The molecular weight excluding hydrogens is 280 g/mol. The molecule has 0 spiro atoms. The average molecular weight is 310 g/mol. The number of carboxylic acid groups (broad SMARTS) is 2. The summed E-state index contributed by atoms with van der Waals surface area (Å²) in [4.78, 5) is 23.4. The molecule has 2 N–H and O–H groups in total. The number of rotatable bonds is 7. The summed E-state index contributed by atoms with van der Waals surface area (Å²) >= 11 is 0. The first-order valence-corrected chi connectivity index (χ1v) is 8.97. The standard InChI is InChI=1S/C18H30O4/c19-16(20)13-18(17(21)22,11-14-7-3-1-4-8-14)12-15-9-5-2-6-10-15/h14-15H,1-13H2,(H,19,20)(H,21,22). The molecule has 2 saturated carbocycles. The zero-order valence-corrected chi connectivity index (χ0v) is 13.6. The molecule has 0 saturated heterocycles. The van der Waals surface area contributed by atoms with Gasteiger partial charge in [0, 0.05) is 0 Å². The lowest BCUT2D eigenvalue weighted by atomic mass is 9.66. The molecule has 2 aliphatic carbocycles. The van der Waals surface area contributed by atoms with Crippen LogP contribution < -0.4 is 0 Å². The highest BCUT2D eigenvalue weighted by Crippen LogP contribution is 2.44. The highest BCUT2D eigenvalue weighted by Gasteiger charge is 2.44. The van der Waals surface area contributed by atoms with Crippen molar-refractivity contribution < 1.29 is 19.8 Å². The van der Waals surface area contributed by atoms with Gasteiger partial charge in [-0.2, -0.15) is 0 Å². The number of carbonyl (C=O) groups is 2. The van der Waals surface area contributed by atoms with Crippen LogP contribution in [-0.4, -0.2) is 22.2 Å². The third-order valence-corrected chi connectivity index (χ3v) is 5.75. The molecule has 0 radical (unpaired) electrons. The maximum Gasteiger partial charge on any atom is 0.310 e. The minimum atomic E-state index is -1.05. The zero-order chi connectivity index (χ0) is 16.0. The average Bonchev–Trinajstić information content (AvgIpc) is 2.48. The zero-order valence-electron chi connectivity index (χ0n) is 13.6. The minimum absolute atomic E-state index is 0.213. The molecule has 0 aliphatic heterocycles. The summed E-state index contributed by atoms with van der Waals surface area (Å²) in [7, 11) is 0. The fourth-order valence-electron chi connectivity index (χ4n) is 4.66. The van der Waals surface area contributed by atoms with Gasteiger partial charge in [0.05, 0.1) is 11.8 Å². The fourth-order valence-corrected chi connectivity index (χ4v) is 4.66. The molecule has 0 bridgehead atoms. The Labute approximate surface area is 133 Å². The van der Waals surface area contributed by atoms with Gasteiger partial charge in [0.25, 0.3) is 0 Å². The van der Waals surface area contributed by atoms with Gasteiger partial charge in [0.2, 0.25) is 0 Å². The quantitative estimate of drug-likeness (QED) is 0.727. The Morgan fingerprint density at radius 2 is 1.18 bits per heavy atom. The molecule has 0 aromatic rings. The van der Waals surface area contributed by atoms with Crippen LogP contribution in [0.5, 0.6) is 0 Å². The molecule has 0 unspecified atom stereocenters. The molecule has 4 nitrogen and oxygen atoms in total. The first kappa shape index (κ1) is 17.3. The molecule has 0 heterocycles. The normalized spacial score (nSPS) is 21.6. The molecule has 22 heavy (non-hydrogen) atoms. The van der Waals surface area contributed by atoms with Crippen molar-refractivity contribution in [2.45, 2.75) is 83.5 Å². The lowest BCUT2D eigenvalue weighted by Crippen LogP contribution is -2.38. The highest BCUT2D eigenvalue weighted by molar-refractivity contribution is 5.81. The van der Waals surface area contributed by atoms with Gasteiger partial charge in [0.15, 0.2) is 0 Å². The van der Waals surface area contributed by atoms with Gasteiger partial charge in [0.1, 0.15) is 0 Å². The van der Waals surface area contributed by atoms with E-state index in [2.05, 4.69) is 0 Å². The van der Waals surface area contributed by atoms with Gasteiger partial charge in [-0.25, -0.2) is 0 Å². The monoisotopic (exact) mass is 310 g/mol. The van der Waals surface area contributed by atoms with Crippen LogP contribution >= 0.6 is 0 Å². The largest absolute Gasteiger partial charge is 0.481 e. The predicted octanol–water partition coefficient (Wildman–Crippen LogP) is 4.47. The van der Waals surface area contributed by atoms with Gasteiger partial charge in [-0.3, -0.25) is 9.59 Å². The van der Waals surface area contributed by atoms with Crippen molar-refractivity contribution in [1.29, 1.82) is 0 Å². The topological polar surface area (TPSA) is 74.6 Å². The number of aliphatic carboxylic acids is 2. The van der Waals surface area contributed by atoms with Crippen LogP contribution in [0.2, 0.25) is 0 Å². The van der Waals surface area contributed by atoms with E-state index in [1.54, 1.807) is 0 Å². The minimum Gasteiger partial charge on any atom is -0.481 e. The van der Waals surface area contributed by atoms with Gasteiger partial charge < -0.3 is 10.2 Å². The fraction of sp³-hybridized carbons (Fsp3) is 0.889. The van der Waals surface area contributed by atoms with E-state index in [0.717, 1.165) is 51.4 Å². The van der Waals surface area contributed by atoms with Crippen LogP contribution in [0.1, 0.15) is 83.5 Å². The summed E-state index contributed by atoms with van der Waals surface area (Å²) in [6.07, 6.45) is 12.3. The molecule has 2 rings (SSSR count). The van der Waals surface area contributed by atoms with Gasteiger partial charge in [-0.05, 0) is 24.7 Å². The smallest absolute Gasteiger partial charge is 0.310 e. The van der Waals surface area contributed by atoms with E-state index in [0.29, 0.717) is 24.7 Å². The first-order valence-electron chi connectivity index (χ1n) is 8.97. The van der Waals surface area contributed by atoms with Crippen molar-refractivity contribution in [3.8, 4) is 0 Å². The summed E-state index contributed by atoms with van der Waals surface area (Å²) in [6.45, 7) is 0. The molecular formula is C18H30O4. The van der Waals surface area contributed by atoms with Gasteiger partial charge in [-0.1, -0.05) is 64.2 Å². The first-order chi connectivity index (χ1) is 10.5. The molecule has 126 valence electrons. The number of carboxylic acids is 2. The Balaban J connectivity index is 2.11. The molecule has 0 aromatic heterocycles. The van der Waals surface area contributed by atoms with E-state index in [4.69, 9.17) is 0 Å². The molecule has 0 aromatic carbocycles. The summed E-state index contributed by atoms with van der Waals surface area (Å²) in [5.41, 5.74) is -1.05. The summed E-state index contributed by atoms with van der Waals surface area (Å²) in [5.74, 6) is -1.05. The molecule has 2 aliphatic rings. The van der Waals surface area contributed by atoms with Crippen LogP contribution in [0.15, 0.2) is 0 Å². The van der Waals surface area contributed by atoms with Crippen LogP contribution in [0, 0.1) is 17.3 Å². The Kier molecular flexibility index (Phi) is 6.27. The Morgan fingerprint density at radius 3 is 1.50 bits per heavy atom. The molecule has 2 fully saturated rings.